The van der Waals surface area contributed by atoms with Crippen molar-refractivity contribution in [3.63, 3.8) is 0 Å². The van der Waals surface area contributed by atoms with Gasteiger partial charge in [-0.25, -0.2) is 0 Å². The van der Waals surface area contributed by atoms with Crippen LogP contribution in [0, 0.1) is 5.41 Å². The second-order valence-corrected chi connectivity index (χ2v) is 6.65. The third-order valence-corrected chi connectivity index (χ3v) is 4.96. The van der Waals surface area contributed by atoms with Gasteiger partial charge in [0, 0.05) is 34.1 Å². The molecule has 1 saturated heterocycles. The lowest BCUT2D eigenvalue weighted by Gasteiger charge is -2.26. The van der Waals surface area contributed by atoms with Crippen LogP contribution in [0.5, 0.6) is 0 Å². The van der Waals surface area contributed by atoms with E-state index in [1.54, 1.807) is 6.07 Å². The average Bonchev–Trinajstić information content (AvgIpc) is 2.73. The molecule has 0 aromatic heterocycles. The van der Waals surface area contributed by atoms with Crippen LogP contribution in [0.3, 0.4) is 0 Å². The highest BCUT2D eigenvalue weighted by Gasteiger charge is 2.37. The molecule has 1 atom stereocenters. The Morgan fingerprint density at radius 1 is 1.21 bits per heavy atom. The predicted octanol–water partition coefficient (Wildman–Crippen LogP) is 4.21. The van der Waals surface area contributed by atoms with Gasteiger partial charge in [0.05, 0.1) is 12.7 Å². The molecule has 1 spiro atoms. The summed E-state index contributed by atoms with van der Waals surface area (Å²) >= 11 is 12.2. The van der Waals surface area contributed by atoms with Crippen LogP contribution in [0.4, 0.5) is 0 Å². The van der Waals surface area contributed by atoms with Crippen molar-refractivity contribution >= 4 is 23.2 Å². The fraction of sp³-hybridized carbons (Fsp3) is 0.600. The summed E-state index contributed by atoms with van der Waals surface area (Å²) < 4.78 is 6.16. The number of halogens is 2. The highest BCUT2D eigenvalue weighted by Crippen LogP contribution is 2.40. The highest BCUT2D eigenvalue weighted by atomic mass is 35.5. The van der Waals surface area contributed by atoms with E-state index in [4.69, 9.17) is 27.9 Å². The van der Waals surface area contributed by atoms with Gasteiger partial charge in [-0.05, 0) is 25.0 Å². The van der Waals surface area contributed by atoms with Gasteiger partial charge in [-0.1, -0.05) is 42.1 Å². The van der Waals surface area contributed by atoms with Crippen LogP contribution in [0.15, 0.2) is 18.2 Å². The molecular formula is C15H19Cl2NO. The Labute approximate surface area is 124 Å². The smallest absolute Gasteiger partial charge is 0.0963 e. The fourth-order valence-corrected chi connectivity index (χ4v) is 3.79. The van der Waals surface area contributed by atoms with Crippen LogP contribution >= 0.6 is 23.2 Å². The van der Waals surface area contributed by atoms with Gasteiger partial charge >= 0.3 is 0 Å². The minimum atomic E-state index is 0.0322. The van der Waals surface area contributed by atoms with E-state index in [0.717, 1.165) is 25.3 Å². The number of rotatable bonds is 1. The van der Waals surface area contributed by atoms with Crippen molar-refractivity contribution in [1.82, 2.24) is 5.32 Å². The van der Waals surface area contributed by atoms with E-state index in [2.05, 4.69) is 5.32 Å². The molecule has 1 aliphatic heterocycles. The lowest BCUT2D eigenvalue weighted by atomic mass is 9.87. The standard InChI is InChI=1S/C15H19Cl2NO/c16-11-3-4-12(13(17)7-11)14-8-18-9-15(10-19-14)5-1-2-6-15/h3-4,7,14,18H,1-2,5-6,8-10H2. The topological polar surface area (TPSA) is 21.3 Å². The molecule has 1 aromatic rings. The average molecular weight is 300 g/mol. The van der Waals surface area contributed by atoms with Crippen LogP contribution in [0.25, 0.3) is 0 Å². The van der Waals surface area contributed by atoms with E-state index in [1.165, 1.54) is 25.7 Å². The van der Waals surface area contributed by atoms with Gasteiger partial charge in [-0.3, -0.25) is 0 Å². The van der Waals surface area contributed by atoms with E-state index < -0.39 is 0 Å². The summed E-state index contributed by atoms with van der Waals surface area (Å²) in [5, 5.41) is 4.92. The zero-order valence-corrected chi connectivity index (χ0v) is 12.4. The summed E-state index contributed by atoms with van der Waals surface area (Å²) in [6, 6.07) is 5.64. The van der Waals surface area contributed by atoms with Gasteiger partial charge < -0.3 is 10.1 Å². The Morgan fingerprint density at radius 3 is 2.74 bits per heavy atom. The van der Waals surface area contributed by atoms with E-state index in [-0.39, 0.29) is 6.10 Å². The molecule has 1 aromatic carbocycles. The summed E-state index contributed by atoms with van der Waals surface area (Å²) in [5.74, 6) is 0. The molecule has 19 heavy (non-hydrogen) atoms. The quantitative estimate of drug-likeness (QED) is 0.838. The number of nitrogens with one attached hydrogen (secondary N) is 1. The Balaban J connectivity index is 1.75. The van der Waals surface area contributed by atoms with Crippen LogP contribution in [-0.4, -0.2) is 19.7 Å². The summed E-state index contributed by atoms with van der Waals surface area (Å²) in [4.78, 5) is 0. The third-order valence-electron chi connectivity index (χ3n) is 4.39. The first kappa shape index (κ1) is 13.7. The molecule has 1 unspecified atom stereocenters. The van der Waals surface area contributed by atoms with Gasteiger partial charge in [0.25, 0.3) is 0 Å². The first-order chi connectivity index (χ1) is 9.19. The second-order valence-electron chi connectivity index (χ2n) is 5.80. The van der Waals surface area contributed by atoms with Crippen molar-refractivity contribution in [3.8, 4) is 0 Å². The maximum absolute atomic E-state index is 6.28. The number of benzene rings is 1. The molecule has 1 saturated carbocycles. The van der Waals surface area contributed by atoms with Gasteiger partial charge in [0.15, 0.2) is 0 Å². The van der Waals surface area contributed by atoms with Gasteiger partial charge in [-0.2, -0.15) is 0 Å². The molecule has 1 aliphatic carbocycles. The lowest BCUT2D eigenvalue weighted by Crippen LogP contribution is -2.32. The molecule has 2 aliphatic rings. The van der Waals surface area contributed by atoms with E-state index >= 15 is 0 Å². The van der Waals surface area contributed by atoms with E-state index in [1.807, 2.05) is 12.1 Å². The van der Waals surface area contributed by atoms with Crippen molar-refractivity contribution in [2.45, 2.75) is 31.8 Å². The van der Waals surface area contributed by atoms with Crippen molar-refractivity contribution in [2.75, 3.05) is 19.7 Å². The monoisotopic (exact) mass is 299 g/mol. The van der Waals surface area contributed by atoms with Crippen molar-refractivity contribution in [3.05, 3.63) is 33.8 Å². The zero-order valence-electron chi connectivity index (χ0n) is 10.9. The lowest BCUT2D eigenvalue weighted by molar-refractivity contribution is 0.0158. The third kappa shape index (κ3) is 2.92. The molecule has 1 N–H and O–H groups in total. The predicted molar refractivity (Wildman–Crippen MR) is 78.9 cm³/mol. The summed E-state index contributed by atoms with van der Waals surface area (Å²) in [6.07, 6.45) is 5.25. The molecule has 2 nitrogen and oxygen atoms in total. The Hall–Kier alpha value is -0.280. The molecule has 104 valence electrons. The number of hydrogen-bond donors (Lipinski definition) is 1. The molecule has 0 amide bonds. The number of hydrogen-bond acceptors (Lipinski definition) is 2. The largest absolute Gasteiger partial charge is 0.372 e. The Kier molecular flexibility index (Phi) is 4.04. The van der Waals surface area contributed by atoms with Crippen molar-refractivity contribution < 1.29 is 4.74 Å². The first-order valence-electron chi connectivity index (χ1n) is 6.96. The van der Waals surface area contributed by atoms with Crippen LogP contribution in [0.2, 0.25) is 10.0 Å². The van der Waals surface area contributed by atoms with Gasteiger partial charge in [-0.15, -0.1) is 0 Å². The number of ether oxygens (including phenoxy) is 1. The molecule has 0 radical (unpaired) electrons. The van der Waals surface area contributed by atoms with Crippen molar-refractivity contribution in [1.29, 1.82) is 0 Å². The van der Waals surface area contributed by atoms with E-state index in [0.29, 0.717) is 15.5 Å². The zero-order chi connectivity index (χ0) is 13.3. The first-order valence-corrected chi connectivity index (χ1v) is 7.71. The van der Waals surface area contributed by atoms with Gasteiger partial charge in [0.1, 0.15) is 0 Å². The maximum atomic E-state index is 6.28. The highest BCUT2D eigenvalue weighted by molar-refractivity contribution is 6.35. The second kappa shape index (κ2) is 5.61. The molecular weight excluding hydrogens is 281 g/mol. The van der Waals surface area contributed by atoms with Gasteiger partial charge in [0.2, 0.25) is 0 Å². The Bertz CT molecular complexity index is 457. The van der Waals surface area contributed by atoms with Crippen LogP contribution < -0.4 is 5.32 Å². The summed E-state index contributed by atoms with van der Waals surface area (Å²) in [7, 11) is 0. The fourth-order valence-electron chi connectivity index (χ4n) is 3.26. The molecule has 0 bridgehead atoms. The molecule has 2 fully saturated rings. The Morgan fingerprint density at radius 2 is 2.00 bits per heavy atom. The summed E-state index contributed by atoms with van der Waals surface area (Å²) in [6.45, 7) is 2.72. The minimum absolute atomic E-state index is 0.0322. The maximum Gasteiger partial charge on any atom is 0.0963 e. The van der Waals surface area contributed by atoms with Crippen molar-refractivity contribution in [2.24, 2.45) is 5.41 Å². The van der Waals surface area contributed by atoms with Crippen LogP contribution in [-0.2, 0) is 4.74 Å². The van der Waals surface area contributed by atoms with E-state index in [9.17, 15) is 0 Å². The minimum Gasteiger partial charge on any atom is -0.372 e. The molecule has 3 rings (SSSR count). The summed E-state index contributed by atoms with van der Waals surface area (Å²) in [5.41, 5.74) is 1.39. The molecule has 1 heterocycles. The van der Waals surface area contributed by atoms with Crippen LogP contribution in [0.1, 0.15) is 37.4 Å². The normalized spacial score (nSPS) is 26.5. The molecule has 4 heteroatoms. The SMILES string of the molecule is Clc1ccc(C2CNCC3(CCCC3)CO2)c(Cl)c1.